The van der Waals surface area contributed by atoms with Crippen molar-refractivity contribution in [2.75, 3.05) is 19.6 Å². The molecular formula is C21H19Cl2N5. The number of hydrogen-bond donors (Lipinski definition) is 1. The van der Waals surface area contributed by atoms with E-state index < -0.39 is 17.3 Å². The number of halogens is 2. The van der Waals surface area contributed by atoms with E-state index in [1.54, 1.807) is 18.2 Å². The molecule has 3 rings (SSSR count). The van der Waals surface area contributed by atoms with Crippen LogP contribution in [-0.4, -0.2) is 30.2 Å². The second kappa shape index (κ2) is 7.94. The number of rotatable bonds is 3. The Labute approximate surface area is 174 Å². The Bertz CT molecular complexity index is 948. The normalized spacial score (nSPS) is 26.4. The van der Waals surface area contributed by atoms with Gasteiger partial charge in [-0.1, -0.05) is 42.3 Å². The van der Waals surface area contributed by atoms with Gasteiger partial charge in [-0.05, 0) is 36.2 Å². The third-order valence-electron chi connectivity index (χ3n) is 5.71. The molecule has 1 aliphatic carbocycles. The molecule has 0 bridgehead atoms. The summed E-state index contributed by atoms with van der Waals surface area (Å²) in [5.41, 5.74) is -0.359. The van der Waals surface area contributed by atoms with E-state index in [1.807, 2.05) is 6.08 Å². The van der Waals surface area contributed by atoms with Crippen LogP contribution in [0.15, 0.2) is 29.8 Å². The van der Waals surface area contributed by atoms with Gasteiger partial charge in [0.15, 0.2) is 5.41 Å². The molecule has 0 saturated heterocycles. The SMILES string of the molecule is CCCN1CC=C2C(C#N)C(=N)C(C#N)(C#N)[C@@H](c3ccc(Cl)c(Cl)c3)[C@@H]2C1. The molecule has 1 heterocycles. The van der Waals surface area contributed by atoms with Crippen molar-refractivity contribution in [1.82, 2.24) is 4.90 Å². The van der Waals surface area contributed by atoms with E-state index in [0.717, 1.165) is 18.5 Å². The highest BCUT2D eigenvalue weighted by Gasteiger charge is 2.57. The fourth-order valence-corrected chi connectivity index (χ4v) is 4.75. The van der Waals surface area contributed by atoms with Gasteiger partial charge in [0.25, 0.3) is 0 Å². The van der Waals surface area contributed by atoms with Crippen molar-refractivity contribution in [3.8, 4) is 18.2 Å². The maximum Gasteiger partial charge on any atom is 0.189 e. The fraction of sp³-hybridized carbons (Fsp3) is 0.429. The molecule has 1 aromatic rings. The quantitative estimate of drug-likeness (QED) is 0.737. The van der Waals surface area contributed by atoms with Crippen molar-refractivity contribution in [2.45, 2.75) is 19.3 Å². The summed E-state index contributed by atoms with van der Waals surface area (Å²) in [6, 6.07) is 11.4. The largest absolute Gasteiger partial charge is 0.305 e. The second-order valence-electron chi connectivity index (χ2n) is 7.23. The van der Waals surface area contributed by atoms with E-state index in [4.69, 9.17) is 28.6 Å². The van der Waals surface area contributed by atoms with E-state index in [1.165, 1.54) is 0 Å². The van der Waals surface area contributed by atoms with Crippen LogP contribution in [-0.2, 0) is 0 Å². The van der Waals surface area contributed by atoms with Crippen LogP contribution in [0, 0.1) is 56.7 Å². The number of nitriles is 3. The average Bonchev–Trinajstić information content (AvgIpc) is 2.70. The minimum Gasteiger partial charge on any atom is -0.305 e. The smallest absolute Gasteiger partial charge is 0.189 e. The first kappa shape index (κ1) is 20.4. The molecule has 1 fully saturated rings. The number of benzene rings is 1. The molecule has 0 amide bonds. The zero-order valence-electron chi connectivity index (χ0n) is 15.4. The van der Waals surface area contributed by atoms with Crippen molar-refractivity contribution in [3.63, 3.8) is 0 Å². The molecule has 1 aromatic carbocycles. The van der Waals surface area contributed by atoms with Gasteiger partial charge in [-0.15, -0.1) is 0 Å². The summed E-state index contributed by atoms with van der Waals surface area (Å²) >= 11 is 12.3. The molecule has 0 spiro atoms. The average molecular weight is 412 g/mol. The number of nitrogens with one attached hydrogen (secondary N) is 1. The van der Waals surface area contributed by atoms with Crippen LogP contribution in [0.2, 0.25) is 10.0 Å². The maximum absolute atomic E-state index is 10.0. The van der Waals surface area contributed by atoms with Crippen LogP contribution in [0.3, 0.4) is 0 Å². The Kier molecular flexibility index (Phi) is 5.78. The Hall–Kier alpha value is -2.36. The molecule has 5 nitrogen and oxygen atoms in total. The molecule has 1 saturated carbocycles. The second-order valence-corrected chi connectivity index (χ2v) is 8.04. The lowest BCUT2D eigenvalue weighted by atomic mass is 9.54. The Morgan fingerprint density at radius 3 is 2.50 bits per heavy atom. The van der Waals surface area contributed by atoms with Crippen LogP contribution in [0.5, 0.6) is 0 Å². The highest BCUT2D eigenvalue weighted by Crippen LogP contribution is 2.53. The minimum atomic E-state index is -1.73. The first-order valence-electron chi connectivity index (χ1n) is 9.11. The van der Waals surface area contributed by atoms with Crippen molar-refractivity contribution in [3.05, 3.63) is 45.5 Å². The first-order chi connectivity index (χ1) is 13.4. The highest BCUT2D eigenvalue weighted by atomic mass is 35.5. The lowest BCUT2D eigenvalue weighted by Gasteiger charge is -2.47. The summed E-state index contributed by atoms with van der Waals surface area (Å²) in [6.45, 7) is 4.31. The van der Waals surface area contributed by atoms with Gasteiger partial charge in [0.05, 0.1) is 34.0 Å². The third-order valence-corrected chi connectivity index (χ3v) is 6.45. The standard InChI is InChI=1S/C21H19Cl2N5/c1-2-6-28-7-5-14-15(9-24)20(27)21(11-25,12-26)19(16(14)10-28)13-3-4-17(22)18(23)8-13/h3-5,8,15-16,19,27H,2,6-7,10H2,1H3/t15?,16-,19+/m1/s1. The molecule has 0 aromatic heterocycles. The third kappa shape index (κ3) is 3.09. The number of hydrogen-bond acceptors (Lipinski definition) is 5. The summed E-state index contributed by atoms with van der Waals surface area (Å²) in [6.07, 6.45) is 2.97. The topological polar surface area (TPSA) is 98.5 Å². The molecular weight excluding hydrogens is 393 g/mol. The maximum atomic E-state index is 10.0. The molecule has 3 atom stereocenters. The molecule has 0 radical (unpaired) electrons. The molecule has 1 unspecified atom stereocenters. The molecule has 1 N–H and O–H groups in total. The highest BCUT2D eigenvalue weighted by molar-refractivity contribution is 6.42. The van der Waals surface area contributed by atoms with Crippen molar-refractivity contribution < 1.29 is 0 Å². The Morgan fingerprint density at radius 1 is 1.21 bits per heavy atom. The van der Waals surface area contributed by atoms with Gasteiger partial charge in [-0.2, -0.15) is 15.8 Å². The fourth-order valence-electron chi connectivity index (χ4n) is 4.45. The van der Waals surface area contributed by atoms with E-state index >= 15 is 0 Å². The number of fused-ring (bicyclic) bond motifs is 1. The van der Waals surface area contributed by atoms with Crippen LogP contribution in [0.1, 0.15) is 24.8 Å². The van der Waals surface area contributed by atoms with Crippen LogP contribution in [0.25, 0.3) is 0 Å². The zero-order valence-corrected chi connectivity index (χ0v) is 16.9. The zero-order chi connectivity index (χ0) is 20.5. The van der Waals surface area contributed by atoms with Gasteiger partial charge < -0.3 is 5.41 Å². The summed E-state index contributed by atoms with van der Waals surface area (Å²) in [4.78, 5) is 2.25. The van der Waals surface area contributed by atoms with Crippen LogP contribution >= 0.6 is 23.2 Å². The van der Waals surface area contributed by atoms with Gasteiger partial charge in [-0.3, -0.25) is 4.90 Å². The Morgan fingerprint density at radius 2 is 1.93 bits per heavy atom. The number of nitrogens with zero attached hydrogens (tertiary/aromatic N) is 4. The summed E-state index contributed by atoms with van der Waals surface area (Å²) in [5.74, 6) is -1.68. The van der Waals surface area contributed by atoms with Gasteiger partial charge in [0.1, 0.15) is 5.92 Å². The molecule has 1 aliphatic heterocycles. The molecule has 2 aliphatic rings. The lowest BCUT2D eigenvalue weighted by Crippen LogP contribution is -2.52. The predicted octanol–water partition coefficient (Wildman–Crippen LogP) is 4.55. The summed E-state index contributed by atoms with van der Waals surface area (Å²) < 4.78 is 0. The predicted molar refractivity (Wildman–Crippen MR) is 108 cm³/mol. The van der Waals surface area contributed by atoms with E-state index in [9.17, 15) is 15.8 Å². The summed E-state index contributed by atoms with van der Waals surface area (Å²) in [7, 11) is 0. The monoisotopic (exact) mass is 411 g/mol. The van der Waals surface area contributed by atoms with E-state index in [-0.39, 0.29) is 11.6 Å². The molecule has 142 valence electrons. The lowest BCUT2D eigenvalue weighted by molar-refractivity contribution is 0.204. The van der Waals surface area contributed by atoms with Gasteiger partial charge in [0.2, 0.25) is 0 Å². The minimum absolute atomic E-state index is 0.150. The van der Waals surface area contributed by atoms with Gasteiger partial charge >= 0.3 is 0 Å². The molecule has 28 heavy (non-hydrogen) atoms. The molecule has 7 heteroatoms. The van der Waals surface area contributed by atoms with Crippen LogP contribution < -0.4 is 0 Å². The van der Waals surface area contributed by atoms with Crippen molar-refractivity contribution in [2.24, 2.45) is 17.3 Å². The van der Waals surface area contributed by atoms with Crippen molar-refractivity contribution >= 4 is 28.9 Å². The first-order valence-corrected chi connectivity index (χ1v) is 9.87. The summed E-state index contributed by atoms with van der Waals surface area (Å²) in [5, 5.41) is 39.1. The van der Waals surface area contributed by atoms with Crippen LogP contribution in [0.4, 0.5) is 0 Å². The van der Waals surface area contributed by atoms with Gasteiger partial charge in [-0.25, -0.2) is 0 Å². The Balaban J connectivity index is 2.23. The van der Waals surface area contributed by atoms with Gasteiger partial charge in [0, 0.05) is 24.9 Å². The van der Waals surface area contributed by atoms with E-state index in [2.05, 4.69) is 30.0 Å². The van der Waals surface area contributed by atoms with E-state index in [0.29, 0.717) is 28.7 Å². The van der Waals surface area contributed by atoms with Crippen molar-refractivity contribution in [1.29, 1.82) is 21.2 Å².